The summed E-state index contributed by atoms with van der Waals surface area (Å²) < 4.78 is 0. The van der Waals surface area contributed by atoms with Crippen LogP contribution in [0.2, 0.25) is 0 Å². The van der Waals surface area contributed by atoms with Crippen LogP contribution in [0.15, 0.2) is 34.8 Å². The lowest BCUT2D eigenvalue weighted by molar-refractivity contribution is -0.117. The molecule has 2 aromatic rings. The third-order valence-corrected chi connectivity index (χ3v) is 4.36. The first-order chi connectivity index (χ1) is 10.7. The number of rotatable bonds is 4. The van der Waals surface area contributed by atoms with E-state index in [1.54, 1.807) is 29.2 Å². The first-order valence-corrected chi connectivity index (χ1v) is 7.61. The maximum atomic E-state index is 12.1. The molecule has 1 aliphatic heterocycles. The number of carbonyl (C=O) groups excluding carboxylic acids is 1. The minimum atomic E-state index is 0.00439. The Morgan fingerprint density at radius 1 is 1.45 bits per heavy atom. The highest BCUT2D eigenvalue weighted by molar-refractivity contribution is 7.14. The Labute approximate surface area is 130 Å². The summed E-state index contributed by atoms with van der Waals surface area (Å²) in [5, 5.41) is 15.4. The fraction of sp³-hybridized carbons (Fsp3) is 0.286. The first-order valence-electron chi connectivity index (χ1n) is 6.73. The molecule has 0 aliphatic carbocycles. The molecule has 1 aliphatic rings. The molecule has 1 aromatic heterocycles. The second-order valence-corrected chi connectivity index (χ2v) is 5.89. The lowest BCUT2D eigenvalue weighted by atomic mass is 10.1. The smallest absolute Gasteiger partial charge is 0.229 e. The largest absolute Gasteiger partial charge is 0.508 e. The predicted molar refractivity (Wildman–Crippen MR) is 83.7 cm³/mol. The quantitative estimate of drug-likeness (QED) is 0.532. The van der Waals surface area contributed by atoms with Crippen molar-refractivity contribution in [2.24, 2.45) is 11.0 Å². The van der Waals surface area contributed by atoms with Crippen LogP contribution in [0, 0.1) is 5.92 Å². The zero-order valence-corrected chi connectivity index (χ0v) is 12.4. The van der Waals surface area contributed by atoms with Crippen LogP contribution >= 0.6 is 11.3 Å². The molecule has 112 valence electrons. The van der Waals surface area contributed by atoms with Gasteiger partial charge >= 0.3 is 0 Å². The zero-order valence-electron chi connectivity index (χ0n) is 11.6. The van der Waals surface area contributed by atoms with Crippen LogP contribution in [-0.2, 0) is 4.79 Å². The Kier molecular flexibility index (Phi) is 3.95. The van der Waals surface area contributed by atoms with E-state index in [1.807, 2.05) is 5.38 Å². The number of thiazole rings is 1. The molecular formula is C14H13N5O2S. The molecule has 0 bridgehead atoms. The van der Waals surface area contributed by atoms with Gasteiger partial charge in [0.2, 0.25) is 5.91 Å². The number of carbonyl (C=O) groups is 1. The predicted octanol–water partition coefficient (Wildman–Crippen LogP) is 3.18. The van der Waals surface area contributed by atoms with E-state index < -0.39 is 0 Å². The third-order valence-electron chi connectivity index (χ3n) is 3.49. The minimum absolute atomic E-state index is 0.00439. The summed E-state index contributed by atoms with van der Waals surface area (Å²) in [4.78, 5) is 20.9. The molecule has 3 rings (SSSR count). The number of benzene rings is 1. The van der Waals surface area contributed by atoms with Gasteiger partial charge < -0.3 is 5.11 Å². The lowest BCUT2D eigenvalue weighted by Gasteiger charge is -2.11. The monoisotopic (exact) mass is 315 g/mol. The van der Waals surface area contributed by atoms with Gasteiger partial charge in [0.05, 0.1) is 5.69 Å². The molecule has 1 atom stereocenters. The van der Waals surface area contributed by atoms with Gasteiger partial charge in [-0.3, -0.25) is 9.69 Å². The number of nitrogens with zero attached hydrogens (tertiary/aromatic N) is 5. The maximum absolute atomic E-state index is 12.1. The van der Waals surface area contributed by atoms with E-state index in [0.717, 1.165) is 11.3 Å². The molecule has 2 heterocycles. The molecule has 0 radical (unpaired) electrons. The average Bonchev–Trinajstić information content (AvgIpc) is 3.12. The summed E-state index contributed by atoms with van der Waals surface area (Å²) in [5.74, 6) is 0.254. The van der Waals surface area contributed by atoms with Crippen molar-refractivity contribution in [2.75, 3.05) is 18.0 Å². The third kappa shape index (κ3) is 2.88. The topological polar surface area (TPSA) is 102 Å². The molecule has 8 heteroatoms. The van der Waals surface area contributed by atoms with Crippen molar-refractivity contribution >= 4 is 22.4 Å². The molecule has 1 saturated heterocycles. The fourth-order valence-electron chi connectivity index (χ4n) is 2.39. The Balaban J connectivity index is 1.77. The van der Waals surface area contributed by atoms with Crippen molar-refractivity contribution < 1.29 is 9.90 Å². The minimum Gasteiger partial charge on any atom is -0.508 e. The number of amides is 1. The Morgan fingerprint density at radius 2 is 2.23 bits per heavy atom. The second kappa shape index (κ2) is 6.05. The summed E-state index contributed by atoms with van der Waals surface area (Å²) in [6.07, 6.45) is 0.382. The molecule has 0 spiro atoms. The Hall–Kier alpha value is -2.57. The zero-order chi connectivity index (χ0) is 15.5. The van der Waals surface area contributed by atoms with Crippen LogP contribution in [0.1, 0.15) is 6.42 Å². The van der Waals surface area contributed by atoms with Gasteiger partial charge in [-0.25, -0.2) is 4.98 Å². The summed E-state index contributed by atoms with van der Waals surface area (Å²) in [5.41, 5.74) is 10.0. The Bertz CT molecular complexity index is 736. The molecule has 22 heavy (non-hydrogen) atoms. The number of hydrogen-bond donors (Lipinski definition) is 1. The van der Waals surface area contributed by atoms with Gasteiger partial charge in [0.25, 0.3) is 0 Å². The fourth-order valence-corrected chi connectivity index (χ4v) is 3.25. The van der Waals surface area contributed by atoms with Gasteiger partial charge in [-0.2, -0.15) is 0 Å². The highest BCUT2D eigenvalue weighted by Crippen LogP contribution is 2.32. The van der Waals surface area contributed by atoms with E-state index >= 15 is 0 Å². The molecular weight excluding hydrogens is 302 g/mol. The SMILES string of the molecule is [N-]=[N+]=NCC1CC(=O)N(c2nc(-c3ccc(O)cc3)cs2)C1. The molecule has 1 amide bonds. The number of hydrogen-bond acceptors (Lipinski definition) is 5. The Morgan fingerprint density at radius 3 is 2.95 bits per heavy atom. The van der Waals surface area contributed by atoms with Crippen molar-refractivity contribution in [1.29, 1.82) is 0 Å². The van der Waals surface area contributed by atoms with Crippen molar-refractivity contribution in [3.63, 3.8) is 0 Å². The lowest BCUT2D eigenvalue weighted by Crippen LogP contribution is -2.24. The second-order valence-electron chi connectivity index (χ2n) is 5.05. The number of aromatic hydroxyl groups is 1. The van der Waals surface area contributed by atoms with Gasteiger partial charge in [0, 0.05) is 35.4 Å². The standard InChI is InChI=1S/C14H13N5O2S/c15-18-16-6-9-5-13(21)19(7-9)14-17-12(8-22-14)10-1-3-11(20)4-2-10/h1-4,8-9,20H,5-7H2. The number of aromatic nitrogens is 1. The highest BCUT2D eigenvalue weighted by atomic mass is 32.1. The maximum Gasteiger partial charge on any atom is 0.229 e. The number of phenols is 1. The van der Waals surface area contributed by atoms with Crippen molar-refractivity contribution in [1.82, 2.24) is 4.98 Å². The summed E-state index contributed by atoms with van der Waals surface area (Å²) in [7, 11) is 0. The van der Waals surface area contributed by atoms with Gasteiger partial charge in [0.15, 0.2) is 5.13 Å². The van der Waals surface area contributed by atoms with Crippen LogP contribution in [0.4, 0.5) is 5.13 Å². The number of phenolic OH excluding ortho intramolecular Hbond substituents is 1. The van der Waals surface area contributed by atoms with Crippen molar-refractivity contribution in [3.8, 4) is 17.0 Å². The van der Waals surface area contributed by atoms with Gasteiger partial charge in [-0.05, 0) is 35.7 Å². The van der Waals surface area contributed by atoms with E-state index in [-0.39, 0.29) is 17.6 Å². The van der Waals surface area contributed by atoms with Gasteiger partial charge in [-0.1, -0.05) is 5.11 Å². The van der Waals surface area contributed by atoms with E-state index in [2.05, 4.69) is 15.0 Å². The van der Waals surface area contributed by atoms with Crippen molar-refractivity contribution in [3.05, 3.63) is 40.1 Å². The van der Waals surface area contributed by atoms with Crippen LogP contribution in [0.25, 0.3) is 21.7 Å². The van der Waals surface area contributed by atoms with Crippen LogP contribution in [-0.4, -0.2) is 29.1 Å². The highest BCUT2D eigenvalue weighted by Gasteiger charge is 2.31. The van der Waals surface area contributed by atoms with Gasteiger partial charge in [0.1, 0.15) is 5.75 Å². The molecule has 7 nitrogen and oxygen atoms in total. The van der Waals surface area contributed by atoms with E-state index in [4.69, 9.17) is 5.53 Å². The van der Waals surface area contributed by atoms with E-state index in [0.29, 0.717) is 24.6 Å². The molecule has 0 saturated carbocycles. The number of azide groups is 1. The summed E-state index contributed by atoms with van der Waals surface area (Å²) >= 11 is 1.40. The summed E-state index contributed by atoms with van der Waals surface area (Å²) in [6.45, 7) is 0.856. The molecule has 1 unspecified atom stereocenters. The van der Waals surface area contributed by atoms with E-state index in [9.17, 15) is 9.90 Å². The van der Waals surface area contributed by atoms with E-state index in [1.165, 1.54) is 11.3 Å². The van der Waals surface area contributed by atoms with Crippen LogP contribution in [0.5, 0.6) is 5.75 Å². The molecule has 1 fully saturated rings. The van der Waals surface area contributed by atoms with Crippen LogP contribution < -0.4 is 4.90 Å². The normalized spacial score (nSPS) is 17.5. The molecule has 1 N–H and O–H groups in total. The first kappa shape index (κ1) is 14.4. The van der Waals surface area contributed by atoms with Gasteiger partial charge in [-0.15, -0.1) is 11.3 Å². The number of anilines is 1. The average molecular weight is 315 g/mol. The summed E-state index contributed by atoms with van der Waals surface area (Å²) in [6, 6.07) is 6.77. The van der Waals surface area contributed by atoms with Crippen molar-refractivity contribution in [2.45, 2.75) is 6.42 Å². The van der Waals surface area contributed by atoms with Crippen LogP contribution in [0.3, 0.4) is 0 Å². The molecule has 1 aromatic carbocycles.